The van der Waals surface area contributed by atoms with Gasteiger partial charge in [-0.1, -0.05) is 0 Å². The maximum atomic E-state index is 8.71. The molecule has 0 aliphatic heterocycles. The minimum absolute atomic E-state index is 0.0946. The van der Waals surface area contributed by atoms with Crippen LogP contribution in [0.4, 0.5) is 5.69 Å². The van der Waals surface area contributed by atoms with Crippen molar-refractivity contribution in [3.63, 3.8) is 0 Å². The molecule has 3 aromatic rings. The van der Waals surface area contributed by atoms with Crippen LogP contribution >= 0.6 is 0 Å². The Kier molecular flexibility index (Phi) is 2.13. The lowest BCUT2D eigenvalue weighted by Crippen LogP contribution is -2.01. The number of nitrogens with two attached hydrogens (primary N) is 1. The van der Waals surface area contributed by atoms with E-state index in [4.69, 9.17) is 11.0 Å². The molecule has 2 aromatic heterocycles. The van der Waals surface area contributed by atoms with E-state index in [2.05, 4.69) is 20.1 Å². The minimum atomic E-state index is 0.0946. The van der Waals surface area contributed by atoms with Crippen molar-refractivity contribution >= 4 is 16.6 Å². The zero-order valence-electron chi connectivity index (χ0n) is 9.15. The molecule has 0 fully saturated rings. The molecule has 2 heterocycles. The molecule has 2 N–H and O–H groups in total. The second kappa shape index (κ2) is 3.78. The van der Waals surface area contributed by atoms with Gasteiger partial charge in [0.1, 0.15) is 18.7 Å². The summed E-state index contributed by atoms with van der Waals surface area (Å²) in [5.41, 5.74) is 7.04. The standard InChI is InChI=1S/C11H7N7/c12-4-10-16-6-18(17-10)11-8-2-1-7(13)3-9(8)14-5-15-11/h1-3,5-6H,13H2. The second-order valence-corrected chi connectivity index (χ2v) is 3.60. The molecule has 3 rings (SSSR count). The fourth-order valence-corrected chi connectivity index (χ4v) is 1.66. The van der Waals surface area contributed by atoms with Crippen LogP contribution in [0.2, 0.25) is 0 Å². The van der Waals surface area contributed by atoms with Gasteiger partial charge in [-0.15, -0.1) is 5.10 Å². The van der Waals surface area contributed by atoms with Gasteiger partial charge in [-0.3, -0.25) is 0 Å². The number of nitriles is 1. The van der Waals surface area contributed by atoms with E-state index < -0.39 is 0 Å². The highest BCUT2D eigenvalue weighted by Crippen LogP contribution is 2.19. The van der Waals surface area contributed by atoms with Crippen molar-refractivity contribution < 1.29 is 0 Å². The summed E-state index contributed by atoms with van der Waals surface area (Å²) in [5.74, 6) is 0.659. The molecule has 0 saturated carbocycles. The largest absolute Gasteiger partial charge is 0.399 e. The first kappa shape index (κ1) is 10.2. The van der Waals surface area contributed by atoms with Crippen molar-refractivity contribution in [2.75, 3.05) is 5.73 Å². The van der Waals surface area contributed by atoms with Crippen molar-refractivity contribution in [3.05, 3.63) is 36.7 Å². The quantitative estimate of drug-likeness (QED) is 0.623. The van der Waals surface area contributed by atoms with Gasteiger partial charge in [0, 0.05) is 11.1 Å². The van der Waals surface area contributed by atoms with Crippen LogP contribution in [0, 0.1) is 11.3 Å². The molecule has 0 aliphatic rings. The second-order valence-electron chi connectivity index (χ2n) is 3.60. The number of nitrogen functional groups attached to an aromatic ring is 1. The van der Waals surface area contributed by atoms with Crippen LogP contribution in [-0.2, 0) is 0 Å². The van der Waals surface area contributed by atoms with E-state index >= 15 is 0 Å². The zero-order valence-corrected chi connectivity index (χ0v) is 9.15. The van der Waals surface area contributed by atoms with Gasteiger partial charge in [-0.05, 0) is 18.2 Å². The highest BCUT2D eigenvalue weighted by molar-refractivity contribution is 5.87. The van der Waals surface area contributed by atoms with Crippen LogP contribution in [0.3, 0.4) is 0 Å². The summed E-state index contributed by atoms with van der Waals surface area (Å²) in [4.78, 5) is 12.1. The van der Waals surface area contributed by atoms with E-state index in [-0.39, 0.29) is 5.82 Å². The summed E-state index contributed by atoms with van der Waals surface area (Å²) in [6, 6.07) is 7.19. The first-order chi connectivity index (χ1) is 8.78. The van der Waals surface area contributed by atoms with E-state index in [9.17, 15) is 0 Å². The molecule has 7 heteroatoms. The van der Waals surface area contributed by atoms with E-state index in [1.807, 2.05) is 12.1 Å². The average Bonchev–Trinajstić information content (AvgIpc) is 2.86. The zero-order chi connectivity index (χ0) is 12.5. The molecule has 0 atom stereocenters. The van der Waals surface area contributed by atoms with Crippen LogP contribution in [0.15, 0.2) is 30.9 Å². The fourth-order valence-electron chi connectivity index (χ4n) is 1.66. The van der Waals surface area contributed by atoms with Gasteiger partial charge in [0.15, 0.2) is 5.82 Å². The summed E-state index contributed by atoms with van der Waals surface area (Å²) in [6.45, 7) is 0. The Balaban J connectivity index is 2.26. The number of aromatic nitrogens is 5. The third kappa shape index (κ3) is 1.53. The summed E-state index contributed by atoms with van der Waals surface area (Å²) in [7, 11) is 0. The molecule has 7 nitrogen and oxygen atoms in total. The van der Waals surface area contributed by atoms with Crippen LogP contribution in [0.1, 0.15) is 5.82 Å². The lowest BCUT2D eigenvalue weighted by molar-refractivity contribution is 0.844. The number of benzene rings is 1. The predicted octanol–water partition coefficient (Wildman–Crippen LogP) is 0.664. The van der Waals surface area contributed by atoms with Gasteiger partial charge >= 0.3 is 0 Å². The fraction of sp³-hybridized carbons (Fsp3) is 0. The Hall–Kier alpha value is -3.01. The maximum absolute atomic E-state index is 8.71. The Morgan fingerprint density at radius 1 is 1.22 bits per heavy atom. The van der Waals surface area contributed by atoms with Gasteiger partial charge in [0.25, 0.3) is 5.82 Å². The molecule has 0 radical (unpaired) electrons. The molecule has 18 heavy (non-hydrogen) atoms. The molecule has 0 bridgehead atoms. The Bertz CT molecular complexity index is 768. The lowest BCUT2D eigenvalue weighted by atomic mass is 10.2. The first-order valence-electron chi connectivity index (χ1n) is 5.10. The third-order valence-corrected chi connectivity index (χ3v) is 2.45. The van der Waals surface area contributed by atoms with E-state index in [0.29, 0.717) is 17.0 Å². The molecule has 0 aliphatic carbocycles. The van der Waals surface area contributed by atoms with Crippen LogP contribution < -0.4 is 5.73 Å². The molecule has 0 saturated heterocycles. The number of hydrogen-bond acceptors (Lipinski definition) is 6. The topological polar surface area (TPSA) is 106 Å². The first-order valence-corrected chi connectivity index (χ1v) is 5.10. The molecular formula is C11H7N7. The number of rotatable bonds is 1. The molecular weight excluding hydrogens is 230 g/mol. The summed E-state index contributed by atoms with van der Waals surface area (Å²) >= 11 is 0. The third-order valence-electron chi connectivity index (χ3n) is 2.45. The van der Waals surface area contributed by atoms with Gasteiger partial charge in [0.05, 0.1) is 5.52 Å². The van der Waals surface area contributed by atoms with Crippen molar-refractivity contribution in [2.24, 2.45) is 0 Å². The van der Waals surface area contributed by atoms with Crippen molar-refractivity contribution in [1.29, 1.82) is 5.26 Å². The van der Waals surface area contributed by atoms with Gasteiger partial charge in [-0.2, -0.15) is 5.26 Å². The monoisotopic (exact) mass is 237 g/mol. The highest BCUT2D eigenvalue weighted by Gasteiger charge is 2.08. The van der Waals surface area contributed by atoms with E-state index in [0.717, 1.165) is 5.39 Å². The Labute approximate surface area is 102 Å². The number of nitrogens with zero attached hydrogens (tertiary/aromatic N) is 6. The molecule has 86 valence electrons. The molecule has 0 spiro atoms. The predicted molar refractivity (Wildman–Crippen MR) is 63.6 cm³/mol. The Morgan fingerprint density at radius 2 is 2.11 bits per heavy atom. The smallest absolute Gasteiger partial charge is 0.252 e. The van der Waals surface area contributed by atoms with E-state index in [1.165, 1.54) is 17.3 Å². The summed E-state index contributed by atoms with van der Waals surface area (Å²) in [5, 5.41) is 13.5. The Morgan fingerprint density at radius 3 is 2.89 bits per heavy atom. The van der Waals surface area contributed by atoms with Crippen molar-refractivity contribution in [1.82, 2.24) is 24.7 Å². The maximum Gasteiger partial charge on any atom is 0.252 e. The summed E-state index contributed by atoms with van der Waals surface area (Å²) < 4.78 is 1.44. The number of hydrogen-bond donors (Lipinski definition) is 1. The van der Waals surface area contributed by atoms with Crippen molar-refractivity contribution in [3.8, 4) is 11.9 Å². The molecule has 1 aromatic carbocycles. The summed E-state index contributed by atoms with van der Waals surface area (Å²) in [6.07, 6.45) is 2.86. The van der Waals surface area contributed by atoms with Gasteiger partial charge in [-0.25, -0.2) is 19.6 Å². The molecule has 0 amide bonds. The van der Waals surface area contributed by atoms with Crippen LogP contribution in [0.25, 0.3) is 16.7 Å². The highest BCUT2D eigenvalue weighted by atomic mass is 15.4. The van der Waals surface area contributed by atoms with E-state index in [1.54, 1.807) is 12.1 Å². The SMILES string of the molecule is N#Cc1ncn(-c2ncnc3cc(N)ccc23)n1. The van der Waals surface area contributed by atoms with Crippen LogP contribution in [0.5, 0.6) is 0 Å². The number of anilines is 1. The minimum Gasteiger partial charge on any atom is -0.399 e. The van der Waals surface area contributed by atoms with Crippen molar-refractivity contribution in [2.45, 2.75) is 0 Å². The van der Waals surface area contributed by atoms with Gasteiger partial charge < -0.3 is 5.73 Å². The number of fused-ring (bicyclic) bond motifs is 1. The lowest BCUT2D eigenvalue weighted by Gasteiger charge is -2.04. The van der Waals surface area contributed by atoms with Crippen LogP contribution in [-0.4, -0.2) is 24.7 Å². The average molecular weight is 237 g/mol. The normalized spacial score (nSPS) is 10.4. The van der Waals surface area contributed by atoms with Gasteiger partial charge in [0.2, 0.25) is 0 Å². The molecule has 0 unspecified atom stereocenters.